The van der Waals surface area contributed by atoms with E-state index in [-0.39, 0.29) is 5.91 Å². The van der Waals surface area contributed by atoms with E-state index in [1.807, 2.05) is 42.2 Å². The Kier molecular flexibility index (Phi) is 6.00. The first-order chi connectivity index (χ1) is 14.2. The summed E-state index contributed by atoms with van der Waals surface area (Å²) in [4.78, 5) is 19.1. The molecule has 3 heterocycles. The van der Waals surface area contributed by atoms with E-state index in [1.165, 1.54) is 6.42 Å². The highest BCUT2D eigenvalue weighted by atomic mass is 16.5. The summed E-state index contributed by atoms with van der Waals surface area (Å²) < 4.78 is 11.7. The summed E-state index contributed by atoms with van der Waals surface area (Å²) in [7, 11) is 0. The second kappa shape index (κ2) is 8.82. The van der Waals surface area contributed by atoms with Gasteiger partial charge in [-0.25, -0.2) is 0 Å². The van der Waals surface area contributed by atoms with Crippen LogP contribution in [0.2, 0.25) is 0 Å². The molecule has 2 aromatic rings. The number of hydrogen-bond donors (Lipinski definition) is 1. The summed E-state index contributed by atoms with van der Waals surface area (Å²) >= 11 is 0. The molecule has 0 aliphatic carbocycles. The van der Waals surface area contributed by atoms with Gasteiger partial charge in [-0.15, -0.1) is 0 Å². The van der Waals surface area contributed by atoms with E-state index < -0.39 is 0 Å². The van der Waals surface area contributed by atoms with Gasteiger partial charge in [-0.1, -0.05) is 6.07 Å². The molecule has 6 nitrogen and oxygen atoms in total. The lowest BCUT2D eigenvalue weighted by atomic mass is 9.78. The normalized spacial score (nSPS) is 18.0. The molecule has 154 valence electrons. The van der Waals surface area contributed by atoms with Crippen LogP contribution < -0.4 is 14.8 Å². The second-order valence-corrected chi connectivity index (χ2v) is 7.96. The number of piperidine rings is 1. The number of likely N-dealkylation sites (tertiary alicyclic amines) is 1. The number of amides is 1. The van der Waals surface area contributed by atoms with Crippen LogP contribution in [0.4, 0.5) is 0 Å². The van der Waals surface area contributed by atoms with E-state index in [0.717, 1.165) is 44.6 Å². The fourth-order valence-electron chi connectivity index (χ4n) is 4.26. The van der Waals surface area contributed by atoms with E-state index in [1.54, 1.807) is 12.4 Å². The highest BCUT2D eigenvalue weighted by Crippen LogP contribution is 2.37. The van der Waals surface area contributed by atoms with E-state index in [0.29, 0.717) is 35.7 Å². The number of nitrogens with zero attached hydrogens (tertiary/aromatic N) is 2. The van der Waals surface area contributed by atoms with E-state index >= 15 is 0 Å². The molecule has 1 aromatic carbocycles. The van der Waals surface area contributed by atoms with Crippen molar-refractivity contribution in [1.29, 1.82) is 0 Å². The Morgan fingerprint density at radius 2 is 2.03 bits per heavy atom. The quantitative estimate of drug-likeness (QED) is 0.813. The van der Waals surface area contributed by atoms with Crippen LogP contribution in [-0.4, -0.2) is 48.6 Å². The van der Waals surface area contributed by atoms with Gasteiger partial charge in [0.2, 0.25) is 0 Å². The molecule has 0 atom stereocenters. The Labute approximate surface area is 172 Å². The molecule has 1 aromatic heterocycles. The minimum atomic E-state index is 0.0746. The van der Waals surface area contributed by atoms with Crippen LogP contribution in [0.3, 0.4) is 0 Å². The van der Waals surface area contributed by atoms with Crippen molar-refractivity contribution < 1.29 is 14.3 Å². The van der Waals surface area contributed by atoms with Gasteiger partial charge < -0.3 is 19.7 Å². The Hall–Kier alpha value is -2.60. The molecule has 0 radical (unpaired) electrons. The summed E-state index contributed by atoms with van der Waals surface area (Å²) in [6, 6.07) is 9.33. The van der Waals surface area contributed by atoms with Crippen LogP contribution in [-0.2, 0) is 6.61 Å². The molecular weight excluding hydrogens is 366 g/mol. The summed E-state index contributed by atoms with van der Waals surface area (Å²) in [6.07, 6.45) is 6.90. The topological polar surface area (TPSA) is 63.7 Å². The molecule has 0 saturated carbocycles. The lowest BCUT2D eigenvalue weighted by Crippen LogP contribution is -2.44. The van der Waals surface area contributed by atoms with Gasteiger partial charge >= 0.3 is 0 Å². The highest BCUT2D eigenvalue weighted by molar-refractivity contribution is 5.95. The number of nitrogens with one attached hydrogen (secondary N) is 1. The van der Waals surface area contributed by atoms with Gasteiger partial charge in [0, 0.05) is 43.2 Å². The number of carbonyl (C=O) groups excluding carboxylic acids is 1. The zero-order valence-corrected chi connectivity index (χ0v) is 17.0. The van der Waals surface area contributed by atoms with Crippen molar-refractivity contribution in [3.8, 4) is 11.5 Å². The largest absolute Gasteiger partial charge is 0.490 e. The van der Waals surface area contributed by atoms with E-state index in [4.69, 9.17) is 9.47 Å². The average Bonchev–Trinajstić information content (AvgIpc) is 3.22. The predicted octanol–water partition coefficient (Wildman–Crippen LogP) is 3.28. The number of carbonyl (C=O) groups is 1. The average molecular weight is 396 g/mol. The third-order valence-electron chi connectivity index (χ3n) is 6.05. The van der Waals surface area contributed by atoms with Crippen LogP contribution in [0.1, 0.15) is 42.1 Å². The molecule has 2 saturated heterocycles. The van der Waals surface area contributed by atoms with Crippen molar-refractivity contribution in [2.24, 2.45) is 5.41 Å². The first kappa shape index (κ1) is 19.7. The lowest BCUT2D eigenvalue weighted by molar-refractivity contribution is 0.0607. The van der Waals surface area contributed by atoms with Crippen LogP contribution in [0.5, 0.6) is 11.5 Å². The standard InChI is InChI=1S/C23H29N3O3/c1-2-28-21-14-19(5-6-20(21)29-16-18-4-3-10-24-15-18)22(27)26-12-8-23(9-13-26)7-11-25-17-23/h3-6,10,14-15,25H,2,7-9,11-13,16-17H2,1H3. The molecule has 1 spiro atoms. The summed E-state index contributed by atoms with van der Waals surface area (Å²) in [6.45, 7) is 6.69. The Morgan fingerprint density at radius 3 is 2.72 bits per heavy atom. The molecule has 1 N–H and O–H groups in total. The Balaban J connectivity index is 1.43. The van der Waals surface area contributed by atoms with Gasteiger partial charge in [-0.3, -0.25) is 9.78 Å². The van der Waals surface area contributed by atoms with Crippen molar-refractivity contribution in [3.05, 3.63) is 53.9 Å². The monoisotopic (exact) mass is 395 g/mol. The molecule has 6 heteroatoms. The predicted molar refractivity (Wildman–Crippen MR) is 111 cm³/mol. The maximum Gasteiger partial charge on any atom is 0.253 e. The maximum atomic E-state index is 13.1. The first-order valence-electron chi connectivity index (χ1n) is 10.5. The molecule has 2 aliphatic rings. The summed E-state index contributed by atoms with van der Waals surface area (Å²) in [5.41, 5.74) is 2.04. The third-order valence-corrected chi connectivity index (χ3v) is 6.05. The fourth-order valence-corrected chi connectivity index (χ4v) is 4.26. The van der Waals surface area contributed by atoms with Crippen molar-refractivity contribution in [2.75, 3.05) is 32.8 Å². The van der Waals surface area contributed by atoms with Crippen molar-refractivity contribution in [1.82, 2.24) is 15.2 Å². The van der Waals surface area contributed by atoms with Crippen LogP contribution >= 0.6 is 0 Å². The number of hydrogen-bond acceptors (Lipinski definition) is 5. The maximum absolute atomic E-state index is 13.1. The zero-order chi connectivity index (χ0) is 20.1. The van der Waals surface area contributed by atoms with Gasteiger partial charge in [-0.05, 0) is 62.4 Å². The van der Waals surface area contributed by atoms with Gasteiger partial charge in [-0.2, -0.15) is 0 Å². The van der Waals surface area contributed by atoms with Crippen LogP contribution in [0.25, 0.3) is 0 Å². The lowest BCUT2D eigenvalue weighted by Gasteiger charge is -2.39. The minimum Gasteiger partial charge on any atom is -0.490 e. The zero-order valence-electron chi connectivity index (χ0n) is 17.0. The molecule has 0 bridgehead atoms. The Bertz CT molecular complexity index is 825. The molecular formula is C23H29N3O3. The van der Waals surface area contributed by atoms with Crippen molar-refractivity contribution in [3.63, 3.8) is 0 Å². The second-order valence-electron chi connectivity index (χ2n) is 7.96. The fraction of sp³-hybridized carbons (Fsp3) is 0.478. The van der Waals surface area contributed by atoms with E-state index in [9.17, 15) is 4.79 Å². The number of benzene rings is 1. The molecule has 29 heavy (non-hydrogen) atoms. The Morgan fingerprint density at radius 1 is 1.17 bits per heavy atom. The molecule has 2 fully saturated rings. The first-order valence-corrected chi connectivity index (χ1v) is 10.5. The van der Waals surface area contributed by atoms with Crippen LogP contribution in [0, 0.1) is 5.41 Å². The minimum absolute atomic E-state index is 0.0746. The van der Waals surface area contributed by atoms with Gasteiger partial charge in [0.25, 0.3) is 5.91 Å². The van der Waals surface area contributed by atoms with Crippen molar-refractivity contribution in [2.45, 2.75) is 32.8 Å². The van der Waals surface area contributed by atoms with E-state index in [2.05, 4.69) is 10.3 Å². The van der Waals surface area contributed by atoms with Gasteiger partial charge in [0.1, 0.15) is 6.61 Å². The molecule has 4 rings (SSSR count). The van der Waals surface area contributed by atoms with Gasteiger partial charge in [0.05, 0.1) is 6.61 Å². The number of ether oxygens (including phenoxy) is 2. The third kappa shape index (κ3) is 4.53. The highest BCUT2D eigenvalue weighted by Gasteiger charge is 2.38. The number of pyridine rings is 1. The van der Waals surface area contributed by atoms with Crippen LogP contribution in [0.15, 0.2) is 42.7 Å². The number of aromatic nitrogens is 1. The smallest absolute Gasteiger partial charge is 0.253 e. The molecule has 2 aliphatic heterocycles. The summed E-state index contributed by atoms with van der Waals surface area (Å²) in [5.74, 6) is 1.32. The summed E-state index contributed by atoms with van der Waals surface area (Å²) in [5, 5.41) is 3.47. The number of rotatable bonds is 6. The SMILES string of the molecule is CCOc1cc(C(=O)N2CCC3(CCNC3)CC2)ccc1OCc1cccnc1. The molecule has 0 unspecified atom stereocenters. The van der Waals surface area contributed by atoms with Gasteiger partial charge in [0.15, 0.2) is 11.5 Å². The molecule has 1 amide bonds. The van der Waals surface area contributed by atoms with Crippen molar-refractivity contribution >= 4 is 5.91 Å².